The first kappa shape index (κ1) is 25.2. The van der Waals surface area contributed by atoms with E-state index in [2.05, 4.69) is 60.8 Å². The third-order valence-electron chi connectivity index (χ3n) is 7.52. The molecule has 3 nitrogen and oxygen atoms in total. The van der Waals surface area contributed by atoms with Crippen molar-refractivity contribution < 1.29 is 4.79 Å². The van der Waals surface area contributed by atoms with Crippen molar-refractivity contribution >= 4 is 28.8 Å². The van der Waals surface area contributed by atoms with Crippen LogP contribution in [0.4, 0.5) is 0 Å². The Kier molecular flexibility index (Phi) is 7.43. The Morgan fingerprint density at radius 3 is 2.49 bits per heavy atom. The van der Waals surface area contributed by atoms with Crippen molar-refractivity contribution in [2.24, 2.45) is 0 Å². The fourth-order valence-electron chi connectivity index (χ4n) is 5.44. The Balaban J connectivity index is 1.28. The highest BCUT2D eigenvalue weighted by molar-refractivity contribution is 6.34. The van der Waals surface area contributed by atoms with Gasteiger partial charge in [-0.2, -0.15) is 0 Å². The lowest BCUT2D eigenvalue weighted by Gasteiger charge is -2.21. The number of aryl methyl sites for hydroxylation is 1. The van der Waals surface area contributed by atoms with E-state index in [-0.39, 0.29) is 11.9 Å². The molecule has 0 bridgehead atoms. The van der Waals surface area contributed by atoms with E-state index in [0.717, 1.165) is 60.8 Å². The van der Waals surface area contributed by atoms with Crippen molar-refractivity contribution in [2.45, 2.75) is 58.4 Å². The second-order valence-electron chi connectivity index (χ2n) is 10.1. The van der Waals surface area contributed by atoms with Gasteiger partial charge < -0.3 is 5.32 Å². The van der Waals surface area contributed by atoms with Crippen molar-refractivity contribution in [3.8, 4) is 0 Å². The van der Waals surface area contributed by atoms with Crippen molar-refractivity contribution in [1.82, 2.24) is 5.32 Å². The molecule has 3 aliphatic carbocycles. The molecule has 2 aromatic rings. The van der Waals surface area contributed by atoms with Crippen molar-refractivity contribution in [2.75, 3.05) is 0 Å². The zero-order chi connectivity index (χ0) is 25.9. The molecule has 188 valence electrons. The van der Waals surface area contributed by atoms with Crippen LogP contribution in [-0.4, -0.2) is 11.6 Å². The third-order valence-corrected chi connectivity index (χ3v) is 7.76. The van der Waals surface area contributed by atoms with Crippen LogP contribution in [0.3, 0.4) is 0 Å². The Hall–Kier alpha value is -3.43. The van der Waals surface area contributed by atoms with E-state index in [1.165, 1.54) is 27.9 Å². The van der Waals surface area contributed by atoms with E-state index >= 15 is 0 Å². The number of nitrogens with one attached hydrogen (secondary N) is 2. The average molecular weight is 509 g/mol. The number of hydrogen-bond donors (Lipinski definition) is 2. The second kappa shape index (κ2) is 10.9. The van der Waals surface area contributed by atoms with Gasteiger partial charge in [-0.05, 0) is 104 Å². The van der Waals surface area contributed by atoms with Crippen LogP contribution < -0.4 is 5.32 Å². The Bertz CT molecular complexity index is 1400. The average Bonchev–Trinajstić information content (AvgIpc) is 3.21. The van der Waals surface area contributed by atoms with Gasteiger partial charge in [-0.25, -0.2) is 0 Å². The molecule has 0 aromatic heterocycles. The number of rotatable bonds is 5. The molecule has 2 aromatic carbocycles. The Morgan fingerprint density at radius 2 is 1.70 bits per heavy atom. The van der Waals surface area contributed by atoms with Gasteiger partial charge in [0.1, 0.15) is 0 Å². The Labute approximate surface area is 224 Å². The third kappa shape index (κ3) is 5.47. The summed E-state index contributed by atoms with van der Waals surface area (Å²) in [6, 6.07) is 16.0. The standard InChI is InChI=1S/C33H33ClN2O/c1-21-15-17-24(18-16-21)30-20-31-28(13-6-14-29(31)32(30)35)23-7-3-9-25(10-4-8-23)33(37)36-22(2)26-11-5-12-27(34)19-26/h5,7,10-13,15-20,22,35H,3-4,6,8-9,14H2,1-2H3,(H,36,37)/b23-7-,25-10-,35-32?/t22-/m0/s1. The molecule has 1 atom stereocenters. The molecule has 0 aliphatic heterocycles. The van der Waals surface area contributed by atoms with Crippen LogP contribution in [0, 0.1) is 12.3 Å². The minimum atomic E-state index is -0.103. The maximum Gasteiger partial charge on any atom is 0.247 e. The number of carbonyl (C=O) groups excluding carboxylic acids is 1. The van der Waals surface area contributed by atoms with E-state index in [1.807, 2.05) is 31.2 Å². The van der Waals surface area contributed by atoms with Crippen molar-refractivity contribution in [1.29, 1.82) is 5.41 Å². The largest absolute Gasteiger partial charge is 0.346 e. The van der Waals surface area contributed by atoms with Gasteiger partial charge in [-0.15, -0.1) is 0 Å². The van der Waals surface area contributed by atoms with E-state index in [9.17, 15) is 4.79 Å². The SMILES string of the molecule is Cc1ccc(C2=CC3=C(CCC=C3/C3=C\CC/C(C(=O)N[C@@H](C)c4cccc(Cl)c4)=C/CC3)C2=N)cc1. The summed E-state index contributed by atoms with van der Waals surface area (Å²) in [5, 5.41) is 12.7. The summed E-state index contributed by atoms with van der Waals surface area (Å²) in [5.41, 5.74) is 10.9. The quantitative estimate of drug-likeness (QED) is 0.418. The van der Waals surface area contributed by atoms with Crippen LogP contribution in [0.25, 0.3) is 5.57 Å². The van der Waals surface area contributed by atoms with Gasteiger partial charge in [0.25, 0.3) is 0 Å². The minimum absolute atomic E-state index is 0.00103. The molecule has 3 aliphatic rings. The summed E-state index contributed by atoms with van der Waals surface area (Å²) in [5.74, 6) is 0.00103. The zero-order valence-electron chi connectivity index (χ0n) is 21.5. The molecular weight excluding hydrogens is 476 g/mol. The van der Waals surface area contributed by atoms with Crippen molar-refractivity contribution in [3.63, 3.8) is 0 Å². The summed E-state index contributed by atoms with van der Waals surface area (Å²) in [6.45, 7) is 4.08. The van der Waals surface area contributed by atoms with Crippen molar-refractivity contribution in [3.05, 3.63) is 122 Å². The fourth-order valence-corrected chi connectivity index (χ4v) is 5.64. The highest BCUT2D eigenvalue weighted by Crippen LogP contribution is 2.42. The second-order valence-corrected chi connectivity index (χ2v) is 10.6. The molecule has 1 amide bonds. The molecule has 0 heterocycles. The van der Waals surface area contributed by atoms with E-state index in [0.29, 0.717) is 10.7 Å². The lowest BCUT2D eigenvalue weighted by molar-refractivity contribution is -0.118. The monoisotopic (exact) mass is 508 g/mol. The molecule has 0 saturated heterocycles. The molecule has 4 heteroatoms. The van der Waals surface area contributed by atoms with Gasteiger partial charge >= 0.3 is 0 Å². The van der Waals surface area contributed by atoms with Crippen LogP contribution in [-0.2, 0) is 4.79 Å². The van der Waals surface area contributed by atoms with Gasteiger partial charge in [0.2, 0.25) is 5.91 Å². The maximum absolute atomic E-state index is 13.0. The van der Waals surface area contributed by atoms with Gasteiger partial charge in [0, 0.05) is 16.2 Å². The van der Waals surface area contributed by atoms with Crippen LogP contribution in [0.15, 0.2) is 101 Å². The molecule has 0 spiro atoms. The molecule has 5 rings (SSSR count). The first-order chi connectivity index (χ1) is 17.9. The minimum Gasteiger partial charge on any atom is -0.346 e. The topological polar surface area (TPSA) is 53.0 Å². The lowest BCUT2D eigenvalue weighted by Crippen LogP contribution is -2.28. The molecule has 0 fully saturated rings. The number of benzene rings is 2. The molecule has 37 heavy (non-hydrogen) atoms. The van der Waals surface area contributed by atoms with E-state index in [1.54, 1.807) is 0 Å². The van der Waals surface area contributed by atoms with Gasteiger partial charge in [0.15, 0.2) is 0 Å². The van der Waals surface area contributed by atoms with Crippen LogP contribution >= 0.6 is 11.6 Å². The summed E-state index contributed by atoms with van der Waals surface area (Å²) in [6.07, 6.45) is 14.1. The smallest absolute Gasteiger partial charge is 0.247 e. The Morgan fingerprint density at radius 1 is 0.946 bits per heavy atom. The van der Waals surface area contributed by atoms with Crippen LogP contribution in [0.5, 0.6) is 0 Å². The van der Waals surface area contributed by atoms with Gasteiger partial charge in [-0.1, -0.05) is 71.8 Å². The summed E-state index contributed by atoms with van der Waals surface area (Å²) >= 11 is 6.12. The van der Waals surface area contributed by atoms with Gasteiger partial charge in [0.05, 0.1) is 11.8 Å². The maximum atomic E-state index is 13.0. The predicted molar refractivity (Wildman–Crippen MR) is 154 cm³/mol. The first-order valence-corrected chi connectivity index (χ1v) is 13.5. The summed E-state index contributed by atoms with van der Waals surface area (Å²) in [4.78, 5) is 13.0. The zero-order valence-corrected chi connectivity index (χ0v) is 22.3. The molecule has 2 N–H and O–H groups in total. The number of hydrogen-bond acceptors (Lipinski definition) is 2. The fraction of sp³-hybridized carbons (Fsp3) is 0.273. The van der Waals surface area contributed by atoms with Crippen LogP contribution in [0.1, 0.15) is 68.2 Å². The summed E-state index contributed by atoms with van der Waals surface area (Å²) < 4.78 is 0. The number of allylic oxidation sites excluding steroid dienone is 9. The lowest BCUT2D eigenvalue weighted by atomic mass is 9.84. The van der Waals surface area contributed by atoms with Crippen LogP contribution in [0.2, 0.25) is 5.02 Å². The normalized spacial score (nSPS) is 21.4. The molecular formula is C33H33ClN2O. The molecule has 0 saturated carbocycles. The summed E-state index contributed by atoms with van der Waals surface area (Å²) in [7, 11) is 0. The van der Waals surface area contributed by atoms with Gasteiger partial charge in [-0.3, -0.25) is 10.2 Å². The van der Waals surface area contributed by atoms with E-state index in [4.69, 9.17) is 17.0 Å². The first-order valence-electron chi connectivity index (χ1n) is 13.2. The predicted octanol–water partition coefficient (Wildman–Crippen LogP) is 8.39. The number of halogens is 1. The highest BCUT2D eigenvalue weighted by atomic mass is 35.5. The molecule has 0 radical (unpaired) electrons. The number of carbonyl (C=O) groups is 1. The number of amides is 1. The highest BCUT2D eigenvalue weighted by Gasteiger charge is 2.28. The van der Waals surface area contributed by atoms with E-state index < -0.39 is 0 Å². The molecule has 0 unspecified atom stereocenters.